The molecule has 0 aromatic carbocycles. The van der Waals surface area contributed by atoms with Crippen molar-refractivity contribution in [3.63, 3.8) is 0 Å². The Morgan fingerprint density at radius 3 is 2.86 bits per heavy atom. The lowest BCUT2D eigenvalue weighted by molar-refractivity contribution is 0.0599. The molecule has 0 radical (unpaired) electrons. The molecular weight excluding hydrogens is 337 g/mol. The van der Waals surface area contributed by atoms with Gasteiger partial charge in [-0.3, -0.25) is 0 Å². The Bertz CT molecular complexity index is 371. The van der Waals surface area contributed by atoms with Gasteiger partial charge in [0.25, 0.3) is 0 Å². The summed E-state index contributed by atoms with van der Waals surface area (Å²) in [5.74, 6) is -0.426. The molecule has 0 spiro atoms. The van der Waals surface area contributed by atoms with Crippen LogP contribution in [-0.2, 0) is 10.1 Å². The number of methoxy groups -OCH3 is 1. The van der Waals surface area contributed by atoms with Crippen molar-refractivity contribution in [3.8, 4) is 0 Å². The molecule has 0 fully saturated rings. The van der Waals surface area contributed by atoms with Gasteiger partial charge in [0.05, 0.1) is 12.7 Å². The fourth-order valence-electron chi connectivity index (χ4n) is 0.930. The molecule has 0 bridgehead atoms. The first-order chi connectivity index (χ1) is 6.60. The zero-order valence-corrected chi connectivity index (χ0v) is 11.1. The first-order valence-electron chi connectivity index (χ1n) is 3.59. The largest absolute Gasteiger partial charge is 0.465 e. The maximum absolute atomic E-state index is 11.3. The number of hydrogen-bond donors (Lipinski definition) is 0. The van der Waals surface area contributed by atoms with Crippen LogP contribution >= 0.6 is 43.5 Å². The minimum Gasteiger partial charge on any atom is -0.465 e. The molecular formula is C8H6Br2ClNO2. The Hall–Kier alpha value is -0.130. The van der Waals surface area contributed by atoms with Gasteiger partial charge in [-0.15, -0.1) is 0 Å². The highest BCUT2D eigenvalue weighted by atomic mass is 79.9. The smallest absolute Gasteiger partial charge is 0.338 e. The third kappa shape index (κ3) is 2.46. The minimum atomic E-state index is -0.426. The van der Waals surface area contributed by atoms with Crippen LogP contribution in [0, 0.1) is 0 Å². The van der Waals surface area contributed by atoms with Crippen molar-refractivity contribution in [2.24, 2.45) is 0 Å². The molecule has 1 aromatic heterocycles. The fourth-order valence-corrected chi connectivity index (χ4v) is 2.43. The average Bonchev–Trinajstić information content (AvgIpc) is 2.15. The van der Waals surface area contributed by atoms with Crippen molar-refractivity contribution in [3.05, 3.63) is 26.9 Å². The summed E-state index contributed by atoms with van der Waals surface area (Å²) in [7, 11) is 1.32. The number of ether oxygens (including phenoxy) is 1. The standard InChI is InChI=1S/C8H6Br2ClNO2/c1-14-8(13)4-2-6(10)12-7(11)5(4)3-9/h2H,3H2,1H3. The second kappa shape index (κ2) is 5.09. The van der Waals surface area contributed by atoms with Crippen LogP contribution in [0.4, 0.5) is 0 Å². The quantitative estimate of drug-likeness (QED) is 0.470. The summed E-state index contributed by atoms with van der Waals surface area (Å²) in [6, 6.07) is 1.58. The number of nitrogens with zero attached hydrogens (tertiary/aromatic N) is 1. The minimum absolute atomic E-state index is 0.289. The Balaban J connectivity index is 3.32. The molecule has 1 heterocycles. The SMILES string of the molecule is COC(=O)c1cc(Br)nc(Cl)c1CBr. The second-order valence-electron chi connectivity index (χ2n) is 2.39. The number of rotatable bonds is 2. The molecule has 3 nitrogen and oxygen atoms in total. The van der Waals surface area contributed by atoms with Crippen molar-refractivity contribution in [1.82, 2.24) is 4.98 Å². The molecule has 0 atom stereocenters. The van der Waals surface area contributed by atoms with Crippen molar-refractivity contribution in [2.45, 2.75) is 5.33 Å². The molecule has 0 aliphatic heterocycles. The van der Waals surface area contributed by atoms with Crippen LogP contribution in [0.5, 0.6) is 0 Å². The molecule has 1 rings (SSSR count). The number of esters is 1. The summed E-state index contributed by atoms with van der Waals surface area (Å²) in [4.78, 5) is 15.3. The number of halogens is 3. The second-order valence-corrected chi connectivity index (χ2v) is 4.12. The summed E-state index contributed by atoms with van der Waals surface area (Å²) in [6.07, 6.45) is 0. The Morgan fingerprint density at radius 1 is 1.71 bits per heavy atom. The Morgan fingerprint density at radius 2 is 2.36 bits per heavy atom. The van der Waals surface area contributed by atoms with Crippen molar-refractivity contribution in [1.29, 1.82) is 0 Å². The molecule has 6 heteroatoms. The van der Waals surface area contributed by atoms with Gasteiger partial charge in [0.1, 0.15) is 9.76 Å². The molecule has 0 saturated heterocycles. The normalized spacial score (nSPS) is 10.0. The predicted molar refractivity (Wildman–Crippen MR) is 60.9 cm³/mol. The lowest BCUT2D eigenvalue weighted by Crippen LogP contribution is -2.06. The van der Waals surface area contributed by atoms with Gasteiger partial charge in [-0.2, -0.15) is 0 Å². The van der Waals surface area contributed by atoms with Gasteiger partial charge in [0.15, 0.2) is 0 Å². The third-order valence-corrected chi connectivity index (χ3v) is 2.86. The van der Waals surface area contributed by atoms with E-state index in [0.29, 0.717) is 21.1 Å². The van der Waals surface area contributed by atoms with Crippen LogP contribution in [0.2, 0.25) is 5.15 Å². The fraction of sp³-hybridized carbons (Fsp3) is 0.250. The first kappa shape index (κ1) is 11.9. The topological polar surface area (TPSA) is 39.2 Å². The van der Waals surface area contributed by atoms with Gasteiger partial charge in [-0.05, 0) is 22.0 Å². The molecule has 0 unspecified atom stereocenters. The van der Waals surface area contributed by atoms with Crippen LogP contribution in [0.25, 0.3) is 0 Å². The van der Waals surface area contributed by atoms with E-state index in [0.717, 1.165) is 0 Å². The third-order valence-electron chi connectivity index (χ3n) is 1.58. The van der Waals surface area contributed by atoms with Crippen LogP contribution in [-0.4, -0.2) is 18.1 Å². The van der Waals surface area contributed by atoms with Crippen LogP contribution in [0.1, 0.15) is 15.9 Å². The zero-order chi connectivity index (χ0) is 10.7. The number of aromatic nitrogens is 1. The maximum Gasteiger partial charge on any atom is 0.338 e. The molecule has 14 heavy (non-hydrogen) atoms. The van der Waals surface area contributed by atoms with E-state index in [9.17, 15) is 4.79 Å². The summed E-state index contributed by atoms with van der Waals surface area (Å²) in [5.41, 5.74) is 1.04. The van der Waals surface area contributed by atoms with Crippen LogP contribution in [0.3, 0.4) is 0 Å². The molecule has 0 amide bonds. The van der Waals surface area contributed by atoms with Gasteiger partial charge in [-0.1, -0.05) is 27.5 Å². The molecule has 1 aromatic rings. The predicted octanol–water partition coefficient (Wildman–Crippen LogP) is 3.18. The molecule has 0 aliphatic rings. The van der Waals surface area contributed by atoms with E-state index >= 15 is 0 Å². The summed E-state index contributed by atoms with van der Waals surface area (Å²) in [5, 5.41) is 0.743. The van der Waals surface area contributed by atoms with E-state index in [4.69, 9.17) is 11.6 Å². The van der Waals surface area contributed by atoms with E-state index in [2.05, 4.69) is 41.6 Å². The van der Waals surface area contributed by atoms with E-state index in [-0.39, 0.29) is 5.15 Å². The Labute approximate surface area is 103 Å². The zero-order valence-electron chi connectivity index (χ0n) is 7.18. The summed E-state index contributed by atoms with van der Waals surface area (Å²) >= 11 is 12.2. The number of carbonyl (C=O) groups excluding carboxylic acids is 1. The maximum atomic E-state index is 11.3. The molecule has 0 aliphatic carbocycles. The van der Waals surface area contributed by atoms with E-state index in [1.807, 2.05) is 0 Å². The van der Waals surface area contributed by atoms with Gasteiger partial charge >= 0.3 is 5.97 Å². The molecule has 0 N–H and O–H groups in total. The van der Waals surface area contributed by atoms with Crippen molar-refractivity contribution >= 4 is 49.4 Å². The van der Waals surface area contributed by atoms with Crippen LogP contribution in [0.15, 0.2) is 10.7 Å². The number of hydrogen-bond acceptors (Lipinski definition) is 3. The monoisotopic (exact) mass is 341 g/mol. The number of pyridine rings is 1. The van der Waals surface area contributed by atoms with Crippen molar-refractivity contribution in [2.75, 3.05) is 7.11 Å². The highest BCUT2D eigenvalue weighted by Crippen LogP contribution is 2.24. The van der Waals surface area contributed by atoms with E-state index in [1.165, 1.54) is 7.11 Å². The lowest BCUT2D eigenvalue weighted by Gasteiger charge is -2.06. The number of alkyl halides is 1. The molecule has 0 saturated carbocycles. The highest BCUT2D eigenvalue weighted by molar-refractivity contribution is 9.10. The van der Waals surface area contributed by atoms with Crippen molar-refractivity contribution < 1.29 is 9.53 Å². The van der Waals surface area contributed by atoms with Gasteiger partial charge in [-0.25, -0.2) is 9.78 Å². The van der Waals surface area contributed by atoms with Crippen LogP contribution < -0.4 is 0 Å². The van der Waals surface area contributed by atoms with Gasteiger partial charge in [0.2, 0.25) is 0 Å². The molecule has 76 valence electrons. The highest BCUT2D eigenvalue weighted by Gasteiger charge is 2.16. The van der Waals surface area contributed by atoms with Gasteiger partial charge < -0.3 is 4.74 Å². The van der Waals surface area contributed by atoms with Gasteiger partial charge in [0, 0.05) is 10.9 Å². The average molecular weight is 343 g/mol. The summed E-state index contributed by atoms with van der Waals surface area (Å²) in [6.45, 7) is 0. The summed E-state index contributed by atoms with van der Waals surface area (Å²) < 4.78 is 5.13. The first-order valence-corrected chi connectivity index (χ1v) is 5.88. The van der Waals surface area contributed by atoms with E-state index in [1.54, 1.807) is 6.07 Å². The number of carbonyl (C=O) groups is 1. The lowest BCUT2D eigenvalue weighted by atomic mass is 10.2. The Kier molecular flexibility index (Phi) is 4.34. The van der Waals surface area contributed by atoms with E-state index < -0.39 is 5.97 Å².